The number of furan rings is 1. The lowest BCUT2D eigenvalue weighted by atomic mass is 9.97. The second kappa shape index (κ2) is 12.2. The highest BCUT2D eigenvalue weighted by Gasteiger charge is 2.17. The molecule has 5 heteroatoms. The van der Waals surface area contributed by atoms with E-state index in [1.807, 2.05) is 30.5 Å². The first-order valence-corrected chi connectivity index (χ1v) is 13.7. The van der Waals surface area contributed by atoms with Crippen LogP contribution in [0.5, 0.6) is 5.75 Å². The van der Waals surface area contributed by atoms with Gasteiger partial charge in [0, 0.05) is 27.2 Å². The molecule has 0 saturated heterocycles. The van der Waals surface area contributed by atoms with Crippen LogP contribution in [-0.4, -0.2) is 23.4 Å². The van der Waals surface area contributed by atoms with E-state index in [1.165, 1.54) is 11.1 Å². The summed E-state index contributed by atoms with van der Waals surface area (Å²) >= 11 is 1.76. The molecule has 0 aliphatic heterocycles. The second-order valence-electron chi connectivity index (χ2n) is 9.17. The Labute approximate surface area is 217 Å². The minimum atomic E-state index is -0.801. The third kappa shape index (κ3) is 5.96. The minimum absolute atomic E-state index is 0.487. The number of unbranched alkanes of at least 4 members (excludes halogenated alkanes) is 1. The van der Waals surface area contributed by atoms with Crippen molar-refractivity contribution in [2.45, 2.75) is 57.3 Å². The van der Waals surface area contributed by atoms with E-state index in [0.29, 0.717) is 6.61 Å². The summed E-state index contributed by atoms with van der Waals surface area (Å²) in [6.45, 7) is 6.68. The number of hydrogen-bond acceptors (Lipinski definition) is 4. The largest absolute Gasteiger partial charge is 0.493 e. The first-order chi connectivity index (χ1) is 17.5. The molecule has 0 bridgehead atoms. The van der Waals surface area contributed by atoms with Gasteiger partial charge in [0.2, 0.25) is 0 Å². The van der Waals surface area contributed by atoms with Crippen molar-refractivity contribution >= 4 is 28.7 Å². The predicted molar refractivity (Wildman–Crippen MR) is 148 cm³/mol. The van der Waals surface area contributed by atoms with Crippen LogP contribution in [0.2, 0.25) is 0 Å². The molecule has 0 fully saturated rings. The molecule has 0 aliphatic carbocycles. The molecule has 0 spiro atoms. The van der Waals surface area contributed by atoms with E-state index in [1.54, 1.807) is 18.7 Å². The number of ether oxygens (including phenoxy) is 1. The molecule has 4 nitrogen and oxygen atoms in total. The standard InChI is InChI=1S/C31H34O4S/c1-4-5-10-27-29(17-16-26-28(20-35-30(26)27)25-11-7-6-9-21(25)2)34-18-8-19-36-24-14-12-23(13-15-24)22(3)31(32)33/h6-7,9,11-17,20,22H,4-5,8,10,18-19H2,1-3H3,(H,32,33). The molecule has 3 aromatic carbocycles. The van der Waals surface area contributed by atoms with Crippen molar-refractivity contribution in [3.63, 3.8) is 0 Å². The van der Waals surface area contributed by atoms with Crippen molar-refractivity contribution in [3.05, 3.63) is 83.6 Å². The average molecular weight is 503 g/mol. The molecule has 36 heavy (non-hydrogen) atoms. The van der Waals surface area contributed by atoms with Gasteiger partial charge in [0.25, 0.3) is 0 Å². The number of aliphatic carboxylic acids is 1. The number of carboxylic acids is 1. The van der Waals surface area contributed by atoms with Crippen molar-refractivity contribution in [2.75, 3.05) is 12.4 Å². The fourth-order valence-corrected chi connectivity index (χ4v) is 5.20. The van der Waals surface area contributed by atoms with E-state index in [2.05, 4.69) is 50.2 Å². The number of fused-ring (bicyclic) bond motifs is 1. The normalized spacial score (nSPS) is 12.1. The third-order valence-corrected chi connectivity index (χ3v) is 7.68. The third-order valence-electron chi connectivity index (χ3n) is 6.58. The Morgan fingerprint density at radius 2 is 1.81 bits per heavy atom. The summed E-state index contributed by atoms with van der Waals surface area (Å²) in [7, 11) is 0. The monoisotopic (exact) mass is 502 g/mol. The highest BCUT2D eigenvalue weighted by molar-refractivity contribution is 7.99. The molecule has 1 aromatic heterocycles. The number of rotatable bonds is 12. The molecule has 0 amide bonds. The Morgan fingerprint density at radius 3 is 2.53 bits per heavy atom. The molecule has 1 N–H and O–H groups in total. The zero-order valence-electron chi connectivity index (χ0n) is 21.3. The molecular weight excluding hydrogens is 468 g/mol. The number of carboxylic acid groups (broad SMARTS) is 1. The van der Waals surface area contributed by atoms with Crippen LogP contribution in [0.25, 0.3) is 22.1 Å². The first kappa shape index (κ1) is 25.9. The van der Waals surface area contributed by atoms with Crippen LogP contribution in [-0.2, 0) is 11.2 Å². The molecule has 188 valence electrons. The summed E-state index contributed by atoms with van der Waals surface area (Å²) in [5, 5.41) is 10.3. The van der Waals surface area contributed by atoms with Crippen LogP contribution in [0, 0.1) is 6.92 Å². The summed E-state index contributed by atoms with van der Waals surface area (Å²) in [4.78, 5) is 12.3. The average Bonchev–Trinajstić information content (AvgIpc) is 3.32. The zero-order valence-corrected chi connectivity index (χ0v) is 22.1. The van der Waals surface area contributed by atoms with Crippen LogP contribution in [0.15, 0.2) is 76.2 Å². The number of aryl methyl sites for hydroxylation is 2. The molecule has 0 aliphatic rings. The number of carbonyl (C=O) groups is 1. The van der Waals surface area contributed by atoms with Gasteiger partial charge in [-0.3, -0.25) is 4.79 Å². The second-order valence-corrected chi connectivity index (χ2v) is 10.3. The van der Waals surface area contributed by atoms with Crippen molar-refractivity contribution in [1.29, 1.82) is 0 Å². The van der Waals surface area contributed by atoms with Gasteiger partial charge in [-0.05, 0) is 74.1 Å². The van der Waals surface area contributed by atoms with Crippen molar-refractivity contribution < 1.29 is 19.1 Å². The summed E-state index contributed by atoms with van der Waals surface area (Å²) in [6.07, 6.45) is 5.92. The Bertz CT molecular complexity index is 1310. The lowest BCUT2D eigenvalue weighted by Gasteiger charge is -2.13. The zero-order chi connectivity index (χ0) is 25.5. The number of hydrogen-bond donors (Lipinski definition) is 1. The minimum Gasteiger partial charge on any atom is -0.493 e. The van der Waals surface area contributed by atoms with Gasteiger partial charge in [-0.1, -0.05) is 49.7 Å². The van der Waals surface area contributed by atoms with E-state index in [4.69, 9.17) is 14.3 Å². The Balaban J connectivity index is 1.40. The molecule has 0 radical (unpaired) electrons. The Hall–Kier alpha value is -3.18. The van der Waals surface area contributed by atoms with Crippen LogP contribution in [0.1, 0.15) is 55.7 Å². The van der Waals surface area contributed by atoms with Gasteiger partial charge in [0.15, 0.2) is 0 Å². The smallest absolute Gasteiger partial charge is 0.310 e. The van der Waals surface area contributed by atoms with Gasteiger partial charge in [-0.2, -0.15) is 0 Å². The van der Waals surface area contributed by atoms with E-state index in [-0.39, 0.29) is 0 Å². The van der Waals surface area contributed by atoms with Gasteiger partial charge in [0.05, 0.1) is 18.8 Å². The van der Waals surface area contributed by atoms with Gasteiger partial charge in [-0.15, -0.1) is 11.8 Å². The van der Waals surface area contributed by atoms with E-state index >= 15 is 0 Å². The fourth-order valence-electron chi connectivity index (χ4n) is 4.37. The van der Waals surface area contributed by atoms with Crippen LogP contribution >= 0.6 is 11.8 Å². The van der Waals surface area contributed by atoms with E-state index in [0.717, 1.165) is 69.7 Å². The lowest BCUT2D eigenvalue weighted by molar-refractivity contribution is -0.138. The summed E-state index contributed by atoms with van der Waals surface area (Å²) in [6, 6.07) is 20.4. The maximum Gasteiger partial charge on any atom is 0.310 e. The molecule has 0 saturated carbocycles. The van der Waals surface area contributed by atoms with Crippen LogP contribution in [0.4, 0.5) is 0 Å². The Morgan fingerprint density at radius 1 is 1.03 bits per heavy atom. The SMILES string of the molecule is CCCCc1c(OCCCSc2ccc(C(C)C(=O)O)cc2)ccc2c(-c3ccccc3C)coc12. The quantitative estimate of drug-likeness (QED) is 0.155. The fraction of sp³-hybridized carbons (Fsp3) is 0.323. The summed E-state index contributed by atoms with van der Waals surface area (Å²) in [5.74, 6) is 0.556. The maximum atomic E-state index is 11.2. The summed E-state index contributed by atoms with van der Waals surface area (Å²) < 4.78 is 12.4. The molecule has 1 unspecified atom stereocenters. The van der Waals surface area contributed by atoms with Gasteiger partial charge in [0.1, 0.15) is 11.3 Å². The lowest BCUT2D eigenvalue weighted by Crippen LogP contribution is -2.06. The topological polar surface area (TPSA) is 59.7 Å². The van der Waals surface area contributed by atoms with Gasteiger partial charge >= 0.3 is 5.97 Å². The van der Waals surface area contributed by atoms with Gasteiger partial charge < -0.3 is 14.3 Å². The van der Waals surface area contributed by atoms with E-state index < -0.39 is 11.9 Å². The van der Waals surface area contributed by atoms with Crippen molar-refractivity contribution in [3.8, 4) is 16.9 Å². The molecule has 1 heterocycles. The van der Waals surface area contributed by atoms with Crippen molar-refractivity contribution in [1.82, 2.24) is 0 Å². The molecular formula is C31H34O4S. The molecule has 1 atom stereocenters. The molecule has 4 aromatic rings. The van der Waals surface area contributed by atoms with Crippen LogP contribution in [0.3, 0.4) is 0 Å². The Kier molecular flexibility index (Phi) is 8.76. The summed E-state index contributed by atoms with van der Waals surface area (Å²) in [5.41, 5.74) is 6.49. The highest BCUT2D eigenvalue weighted by Crippen LogP contribution is 2.38. The first-order valence-electron chi connectivity index (χ1n) is 12.7. The molecule has 4 rings (SSSR count). The number of thioether (sulfide) groups is 1. The highest BCUT2D eigenvalue weighted by atomic mass is 32.2. The van der Waals surface area contributed by atoms with Gasteiger partial charge in [-0.25, -0.2) is 0 Å². The van der Waals surface area contributed by atoms with Crippen LogP contribution < -0.4 is 4.74 Å². The van der Waals surface area contributed by atoms with Crippen molar-refractivity contribution in [2.24, 2.45) is 0 Å². The maximum absolute atomic E-state index is 11.2. The number of benzene rings is 3. The predicted octanol–water partition coefficient (Wildman–Crippen LogP) is 8.50. The van der Waals surface area contributed by atoms with E-state index in [9.17, 15) is 4.79 Å².